The second kappa shape index (κ2) is 4.96. The number of benzene rings is 2. The van der Waals surface area contributed by atoms with Gasteiger partial charge in [-0.1, -0.05) is 23.8 Å². The molecule has 0 fully saturated rings. The van der Waals surface area contributed by atoms with E-state index < -0.39 is 0 Å². The molecule has 0 N–H and O–H groups in total. The normalized spacial score (nSPS) is 10.6. The Labute approximate surface area is 113 Å². The number of aryl methyl sites for hydroxylation is 4. The Morgan fingerprint density at radius 2 is 1.47 bits per heavy atom. The van der Waals surface area contributed by atoms with Gasteiger partial charge >= 0.3 is 0 Å². The minimum atomic E-state index is -0.239. The third kappa shape index (κ3) is 2.58. The van der Waals surface area contributed by atoms with Gasteiger partial charge in [0.25, 0.3) is 0 Å². The lowest BCUT2D eigenvalue weighted by atomic mass is 9.95. The summed E-state index contributed by atoms with van der Waals surface area (Å²) in [7, 11) is 0. The van der Waals surface area contributed by atoms with Crippen LogP contribution in [0.5, 0.6) is 0 Å². The van der Waals surface area contributed by atoms with Crippen molar-refractivity contribution in [2.45, 2.75) is 27.7 Å². The predicted octanol–water partition coefficient (Wildman–Crippen LogP) is 4.29. The predicted molar refractivity (Wildman–Crippen MR) is 75.2 cm³/mol. The van der Waals surface area contributed by atoms with E-state index in [1.54, 1.807) is 26.0 Å². The van der Waals surface area contributed by atoms with Crippen molar-refractivity contribution in [1.29, 1.82) is 0 Å². The number of halogens is 1. The van der Waals surface area contributed by atoms with E-state index in [9.17, 15) is 9.18 Å². The summed E-state index contributed by atoms with van der Waals surface area (Å²) in [5.41, 5.74) is 4.31. The van der Waals surface area contributed by atoms with Gasteiger partial charge in [0.05, 0.1) is 0 Å². The van der Waals surface area contributed by atoms with E-state index in [0.29, 0.717) is 22.3 Å². The van der Waals surface area contributed by atoms with Gasteiger partial charge < -0.3 is 0 Å². The largest absolute Gasteiger partial charge is 0.289 e. The highest BCUT2D eigenvalue weighted by Gasteiger charge is 2.14. The van der Waals surface area contributed by atoms with Crippen LogP contribution in [0.25, 0.3) is 0 Å². The lowest BCUT2D eigenvalue weighted by Crippen LogP contribution is -2.06. The number of rotatable bonds is 2. The molecular weight excluding hydrogens is 239 g/mol. The van der Waals surface area contributed by atoms with Crippen LogP contribution in [0, 0.1) is 33.5 Å². The summed E-state index contributed by atoms with van der Waals surface area (Å²) in [6.45, 7) is 7.28. The molecule has 0 heterocycles. The number of carbonyl (C=O) groups is 1. The molecule has 0 spiro atoms. The third-order valence-electron chi connectivity index (χ3n) is 3.33. The molecule has 2 heteroatoms. The Morgan fingerprint density at radius 3 is 2.00 bits per heavy atom. The molecule has 0 amide bonds. The maximum Gasteiger partial charge on any atom is 0.193 e. The minimum Gasteiger partial charge on any atom is -0.289 e. The van der Waals surface area contributed by atoms with Gasteiger partial charge in [0, 0.05) is 11.1 Å². The first kappa shape index (κ1) is 13.5. The van der Waals surface area contributed by atoms with Crippen LogP contribution in [0.1, 0.15) is 38.2 Å². The summed E-state index contributed by atoms with van der Waals surface area (Å²) in [6.07, 6.45) is 0. The zero-order valence-electron chi connectivity index (χ0n) is 11.7. The first-order valence-electron chi connectivity index (χ1n) is 6.29. The van der Waals surface area contributed by atoms with Crippen LogP contribution in [0.3, 0.4) is 0 Å². The highest BCUT2D eigenvalue weighted by atomic mass is 19.1. The van der Waals surface area contributed by atoms with Gasteiger partial charge in [-0.25, -0.2) is 4.39 Å². The fourth-order valence-corrected chi connectivity index (χ4v) is 2.30. The van der Waals surface area contributed by atoms with Gasteiger partial charge in [-0.05, 0) is 56.5 Å². The molecule has 0 saturated carbocycles. The van der Waals surface area contributed by atoms with E-state index in [1.807, 2.05) is 32.0 Å². The summed E-state index contributed by atoms with van der Waals surface area (Å²) in [5.74, 6) is -0.291. The maximum absolute atomic E-state index is 13.6. The Kier molecular flexibility index (Phi) is 3.52. The molecule has 2 aromatic rings. The average molecular weight is 256 g/mol. The summed E-state index contributed by atoms with van der Waals surface area (Å²) >= 11 is 0. The number of ketones is 1. The molecule has 0 aromatic heterocycles. The molecule has 98 valence electrons. The molecule has 2 rings (SSSR count). The molecular formula is C17H17FO. The number of hydrogen-bond acceptors (Lipinski definition) is 1. The van der Waals surface area contributed by atoms with Crippen LogP contribution < -0.4 is 0 Å². The Balaban J connectivity index is 2.50. The Morgan fingerprint density at radius 1 is 0.895 bits per heavy atom. The summed E-state index contributed by atoms with van der Waals surface area (Å²) in [4.78, 5) is 12.5. The molecule has 0 aliphatic carbocycles. The highest BCUT2D eigenvalue weighted by molar-refractivity contribution is 6.10. The lowest BCUT2D eigenvalue weighted by Gasteiger charge is -2.09. The summed E-state index contributed by atoms with van der Waals surface area (Å²) in [5, 5.41) is 0. The van der Waals surface area contributed by atoms with E-state index >= 15 is 0 Å². The topological polar surface area (TPSA) is 17.1 Å². The van der Waals surface area contributed by atoms with Crippen LogP contribution in [-0.2, 0) is 0 Å². The molecule has 2 aromatic carbocycles. The molecule has 1 nitrogen and oxygen atoms in total. The maximum atomic E-state index is 13.6. The zero-order valence-corrected chi connectivity index (χ0v) is 11.7. The Bertz CT molecular complexity index is 633. The van der Waals surface area contributed by atoms with Crippen molar-refractivity contribution in [3.8, 4) is 0 Å². The first-order chi connectivity index (χ1) is 8.90. The number of carbonyl (C=O) groups excluding carboxylic acids is 1. The van der Waals surface area contributed by atoms with Crippen LogP contribution in [0.4, 0.5) is 4.39 Å². The van der Waals surface area contributed by atoms with Crippen molar-refractivity contribution < 1.29 is 9.18 Å². The molecule has 0 aliphatic heterocycles. The van der Waals surface area contributed by atoms with Crippen LogP contribution >= 0.6 is 0 Å². The average Bonchev–Trinajstić information content (AvgIpc) is 2.34. The van der Waals surface area contributed by atoms with E-state index in [0.717, 1.165) is 11.1 Å². The smallest absolute Gasteiger partial charge is 0.193 e. The molecule has 0 bridgehead atoms. The summed E-state index contributed by atoms with van der Waals surface area (Å²) in [6, 6.07) is 8.97. The van der Waals surface area contributed by atoms with Gasteiger partial charge in [0.2, 0.25) is 0 Å². The standard InChI is InChI=1S/C17H17FO/c1-10-5-6-15(11(2)7-10)17(19)14-8-12(3)16(18)13(4)9-14/h5-9H,1-4H3. The van der Waals surface area contributed by atoms with Gasteiger partial charge in [-0.2, -0.15) is 0 Å². The third-order valence-corrected chi connectivity index (χ3v) is 3.33. The monoisotopic (exact) mass is 256 g/mol. The Hall–Kier alpha value is -1.96. The quantitative estimate of drug-likeness (QED) is 0.732. The molecule has 0 unspecified atom stereocenters. The van der Waals surface area contributed by atoms with Crippen LogP contribution in [0.15, 0.2) is 30.3 Å². The SMILES string of the molecule is Cc1ccc(C(=O)c2cc(C)c(F)c(C)c2)c(C)c1. The van der Waals surface area contributed by atoms with Crippen LogP contribution in [-0.4, -0.2) is 5.78 Å². The lowest BCUT2D eigenvalue weighted by molar-refractivity contribution is 0.103. The molecule has 0 aliphatic rings. The molecule has 0 atom stereocenters. The van der Waals surface area contributed by atoms with Crippen molar-refractivity contribution >= 4 is 5.78 Å². The van der Waals surface area contributed by atoms with Crippen molar-refractivity contribution in [3.63, 3.8) is 0 Å². The number of hydrogen-bond donors (Lipinski definition) is 0. The van der Waals surface area contributed by atoms with E-state index in [1.165, 1.54) is 0 Å². The second-order valence-corrected chi connectivity index (χ2v) is 5.07. The minimum absolute atomic E-state index is 0.0521. The van der Waals surface area contributed by atoms with Gasteiger partial charge in [-0.3, -0.25) is 4.79 Å². The van der Waals surface area contributed by atoms with Crippen LogP contribution in [0.2, 0.25) is 0 Å². The van der Waals surface area contributed by atoms with E-state index in [-0.39, 0.29) is 11.6 Å². The van der Waals surface area contributed by atoms with Crippen molar-refractivity contribution in [3.05, 3.63) is 69.5 Å². The van der Waals surface area contributed by atoms with Gasteiger partial charge in [0.15, 0.2) is 5.78 Å². The van der Waals surface area contributed by atoms with Gasteiger partial charge in [-0.15, -0.1) is 0 Å². The first-order valence-corrected chi connectivity index (χ1v) is 6.29. The van der Waals surface area contributed by atoms with Gasteiger partial charge in [0.1, 0.15) is 5.82 Å². The fourth-order valence-electron chi connectivity index (χ4n) is 2.30. The zero-order chi connectivity index (χ0) is 14.2. The molecule has 0 saturated heterocycles. The fraction of sp³-hybridized carbons (Fsp3) is 0.235. The van der Waals surface area contributed by atoms with E-state index in [4.69, 9.17) is 0 Å². The van der Waals surface area contributed by atoms with E-state index in [2.05, 4.69) is 0 Å². The molecule has 19 heavy (non-hydrogen) atoms. The molecule has 0 radical (unpaired) electrons. The highest BCUT2D eigenvalue weighted by Crippen LogP contribution is 2.20. The van der Waals surface area contributed by atoms with Crippen molar-refractivity contribution in [1.82, 2.24) is 0 Å². The second-order valence-electron chi connectivity index (χ2n) is 5.07. The summed E-state index contributed by atoms with van der Waals surface area (Å²) < 4.78 is 13.6. The van der Waals surface area contributed by atoms with Crippen molar-refractivity contribution in [2.75, 3.05) is 0 Å². The van der Waals surface area contributed by atoms with Crippen molar-refractivity contribution in [2.24, 2.45) is 0 Å².